The fourth-order valence-electron chi connectivity index (χ4n) is 2.80. The van der Waals surface area contributed by atoms with Crippen molar-refractivity contribution in [3.05, 3.63) is 34.3 Å². The van der Waals surface area contributed by atoms with E-state index in [4.69, 9.17) is 0 Å². The van der Waals surface area contributed by atoms with Gasteiger partial charge in [-0.1, -0.05) is 53.4 Å². The second-order valence-electron chi connectivity index (χ2n) is 5.43. The van der Waals surface area contributed by atoms with Crippen molar-refractivity contribution in [3.63, 3.8) is 0 Å². The molecular formula is C16H22BrNO. The molecule has 0 amide bonds. The molecule has 0 heterocycles. The molecule has 0 atom stereocenters. The number of nitrogens with zero attached hydrogens (tertiary/aromatic N) is 1. The summed E-state index contributed by atoms with van der Waals surface area (Å²) in [7, 11) is 2.16. The van der Waals surface area contributed by atoms with E-state index in [1.54, 1.807) is 0 Å². The van der Waals surface area contributed by atoms with Crippen LogP contribution in [0.4, 0.5) is 0 Å². The van der Waals surface area contributed by atoms with Gasteiger partial charge in [-0.2, -0.15) is 0 Å². The molecule has 19 heavy (non-hydrogen) atoms. The van der Waals surface area contributed by atoms with E-state index in [1.165, 1.54) is 32.1 Å². The van der Waals surface area contributed by atoms with Crippen LogP contribution in [0.5, 0.6) is 0 Å². The van der Waals surface area contributed by atoms with Crippen molar-refractivity contribution >= 4 is 21.7 Å². The first-order valence-corrected chi connectivity index (χ1v) is 7.96. The summed E-state index contributed by atoms with van der Waals surface area (Å²) in [6, 6.07) is 8.36. The lowest BCUT2D eigenvalue weighted by Gasteiger charge is -2.30. The van der Waals surface area contributed by atoms with E-state index in [0.717, 1.165) is 16.6 Å². The maximum Gasteiger partial charge on any atom is 0.165 e. The average Bonchev–Trinajstić information content (AvgIpc) is 2.46. The molecule has 0 aliphatic heterocycles. The SMILES string of the molecule is CN(CCC(=O)c1ccccc1Br)C1CCCCC1. The summed E-state index contributed by atoms with van der Waals surface area (Å²) in [5.74, 6) is 0.232. The van der Waals surface area contributed by atoms with Crippen molar-refractivity contribution in [2.45, 2.75) is 44.6 Å². The minimum Gasteiger partial charge on any atom is -0.303 e. The average molecular weight is 324 g/mol. The van der Waals surface area contributed by atoms with Gasteiger partial charge in [-0.3, -0.25) is 4.79 Å². The first-order chi connectivity index (χ1) is 9.18. The minimum absolute atomic E-state index is 0.232. The molecule has 1 fully saturated rings. The molecule has 1 aromatic carbocycles. The largest absolute Gasteiger partial charge is 0.303 e. The summed E-state index contributed by atoms with van der Waals surface area (Å²) >= 11 is 3.45. The summed E-state index contributed by atoms with van der Waals surface area (Å²) in [5.41, 5.74) is 0.805. The minimum atomic E-state index is 0.232. The van der Waals surface area contributed by atoms with Crippen molar-refractivity contribution in [3.8, 4) is 0 Å². The lowest BCUT2D eigenvalue weighted by Crippen LogP contribution is -2.34. The fraction of sp³-hybridized carbons (Fsp3) is 0.562. The summed E-state index contributed by atoms with van der Waals surface area (Å²) < 4.78 is 0.903. The van der Waals surface area contributed by atoms with E-state index < -0.39 is 0 Å². The number of hydrogen-bond acceptors (Lipinski definition) is 2. The van der Waals surface area contributed by atoms with Crippen LogP contribution >= 0.6 is 15.9 Å². The van der Waals surface area contributed by atoms with E-state index in [9.17, 15) is 4.79 Å². The van der Waals surface area contributed by atoms with Gasteiger partial charge in [-0.05, 0) is 26.0 Å². The summed E-state index contributed by atoms with van der Waals surface area (Å²) in [4.78, 5) is 14.6. The van der Waals surface area contributed by atoms with Crippen LogP contribution in [0, 0.1) is 0 Å². The molecule has 0 spiro atoms. The maximum atomic E-state index is 12.2. The molecule has 0 unspecified atom stereocenters. The van der Waals surface area contributed by atoms with Gasteiger partial charge in [-0.25, -0.2) is 0 Å². The Balaban J connectivity index is 1.84. The molecule has 0 N–H and O–H groups in total. The number of Topliss-reactive ketones (excluding diaryl/α,β-unsaturated/α-hetero) is 1. The summed E-state index contributed by atoms with van der Waals surface area (Å²) in [5, 5.41) is 0. The number of ketones is 1. The highest BCUT2D eigenvalue weighted by Crippen LogP contribution is 2.22. The maximum absolute atomic E-state index is 12.2. The Bertz CT molecular complexity index is 427. The molecule has 0 saturated heterocycles. The van der Waals surface area contributed by atoms with Crippen molar-refractivity contribution in [1.29, 1.82) is 0 Å². The lowest BCUT2D eigenvalue weighted by molar-refractivity contribution is 0.0952. The van der Waals surface area contributed by atoms with Crippen LogP contribution in [-0.4, -0.2) is 30.3 Å². The summed E-state index contributed by atoms with van der Waals surface area (Å²) in [6.07, 6.45) is 7.25. The van der Waals surface area contributed by atoms with Crippen LogP contribution in [0.2, 0.25) is 0 Å². The summed E-state index contributed by atoms with van der Waals surface area (Å²) in [6.45, 7) is 0.866. The molecule has 1 aliphatic carbocycles. The van der Waals surface area contributed by atoms with Crippen LogP contribution in [0.1, 0.15) is 48.9 Å². The van der Waals surface area contributed by atoms with E-state index in [1.807, 2.05) is 24.3 Å². The number of hydrogen-bond donors (Lipinski definition) is 0. The van der Waals surface area contributed by atoms with Gasteiger partial charge in [0.05, 0.1) is 0 Å². The van der Waals surface area contributed by atoms with Gasteiger partial charge in [0, 0.05) is 29.0 Å². The first-order valence-electron chi connectivity index (χ1n) is 7.16. The van der Waals surface area contributed by atoms with Gasteiger partial charge in [0.2, 0.25) is 0 Å². The van der Waals surface area contributed by atoms with Gasteiger partial charge in [0.15, 0.2) is 5.78 Å². The standard InChI is InChI=1S/C16H22BrNO/c1-18(13-7-3-2-4-8-13)12-11-16(19)14-9-5-6-10-15(14)17/h5-6,9-10,13H,2-4,7-8,11-12H2,1H3. The zero-order valence-corrected chi connectivity index (χ0v) is 13.2. The highest BCUT2D eigenvalue weighted by molar-refractivity contribution is 9.10. The Morgan fingerprint density at radius 2 is 1.95 bits per heavy atom. The zero-order chi connectivity index (χ0) is 13.7. The lowest BCUT2D eigenvalue weighted by atomic mass is 9.94. The van der Waals surface area contributed by atoms with E-state index in [-0.39, 0.29) is 5.78 Å². The van der Waals surface area contributed by atoms with Crippen LogP contribution in [0.3, 0.4) is 0 Å². The second-order valence-corrected chi connectivity index (χ2v) is 6.28. The van der Waals surface area contributed by atoms with Crippen molar-refractivity contribution < 1.29 is 4.79 Å². The van der Waals surface area contributed by atoms with Gasteiger partial charge in [0.1, 0.15) is 0 Å². The molecule has 104 valence electrons. The smallest absolute Gasteiger partial charge is 0.165 e. The van der Waals surface area contributed by atoms with Gasteiger partial charge >= 0.3 is 0 Å². The number of halogens is 1. The number of carbonyl (C=O) groups excluding carboxylic acids is 1. The zero-order valence-electron chi connectivity index (χ0n) is 11.6. The van der Waals surface area contributed by atoms with Crippen molar-refractivity contribution in [1.82, 2.24) is 4.90 Å². The Kier molecular flexibility index (Phi) is 5.59. The Hall–Kier alpha value is -0.670. The predicted octanol–water partition coefficient (Wildman–Crippen LogP) is 4.29. The molecule has 0 bridgehead atoms. The first kappa shape index (κ1) is 14.7. The third kappa shape index (κ3) is 4.15. The molecule has 2 rings (SSSR count). The normalized spacial score (nSPS) is 16.8. The molecular weight excluding hydrogens is 302 g/mol. The van der Waals surface area contributed by atoms with Gasteiger partial charge < -0.3 is 4.90 Å². The molecule has 3 heteroatoms. The van der Waals surface area contributed by atoms with E-state index >= 15 is 0 Å². The molecule has 2 nitrogen and oxygen atoms in total. The number of carbonyl (C=O) groups is 1. The van der Waals surface area contributed by atoms with Crippen LogP contribution in [-0.2, 0) is 0 Å². The van der Waals surface area contributed by atoms with E-state index in [0.29, 0.717) is 12.5 Å². The van der Waals surface area contributed by atoms with Gasteiger partial charge in [0.25, 0.3) is 0 Å². The van der Waals surface area contributed by atoms with Crippen LogP contribution in [0.25, 0.3) is 0 Å². The molecule has 1 saturated carbocycles. The van der Waals surface area contributed by atoms with E-state index in [2.05, 4.69) is 27.9 Å². The molecule has 0 aromatic heterocycles. The Morgan fingerprint density at radius 1 is 1.26 bits per heavy atom. The fourth-order valence-corrected chi connectivity index (χ4v) is 3.31. The molecule has 1 aliphatic rings. The topological polar surface area (TPSA) is 20.3 Å². The highest BCUT2D eigenvalue weighted by Gasteiger charge is 2.19. The van der Waals surface area contributed by atoms with Gasteiger partial charge in [-0.15, -0.1) is 0 Å². The third-order valence-electron chi connectivity index (χ3n) is 4.06. The van der Waals surface area contributed by atoms with Crippen LogP contribution in [0.15, 0.2) is 28.7 Å². The quantitative estimate of drug-likeness (QED) is 0.753. The number of benzene rings is 1. The predicted molar refractivity (Wildman–Crippen MR) is 82.6 cm³/mol. The molecule has 1 aromatic rings. The monoisotopic (exact) mass is 323 g/mol. The van der Waals surface area contributed by atoms with Crippen molar-refractivity contribution in [2.24, 2.45) is 0 Å². The Morgan fingerprint density at radius 3 is 2.63 bits per heavy atom. The Labute approximate surface area is 124 Å². The second kappa shape index (κ2) is 7.20. The van der Waals surface area contributed by atoms with Crippen molar-refractivity contribution in [2.75, 3.05) is 13.6 Å². The van der Waals surface area contributed by atoms with Crippen LogP contribution < -0.4 is 0 Å². The number of rotatable bonds is 5. The third-order valence-corrected chi connectivity index (χ3v) is 4.76. The highest BCUT2D eigenvalue weighted by atomic mass is 79.9. The molecule has 0 radical (unpaired) electrons.